The quantitative estimate of drug-likeness (QED) is 0.647. The lowest BCUT2D eigenvalue weighted by Crippen LogP contribution is -3.08. The first kappa shape index (κ1) is 16.9. The van der Waals surface area contributed by atoms with E-state index in [1.807, 2.05) is 56.4 Å². The fourth-order valence-corrected chi connectivity index (χ4v) is 2.77. The highest BCUT2D eigenvalue weighted by Crippen LogP contribution is 2.08. The van der Waals surface area contributed by atoms with Crippen LogP contribution < -0.4 is 15.8 Å². The number of carbonyl (C=O) groups excluding carboxylic acids is 1. The van der Waals surface area contributed by atoms with Gasteiger partial charge in [0.1, 0.15) is 6.54 Å². The van der Waals surface area contributed by atoms with Crippen LogP contribution in [0.2, 0.25) is 0 Å². The van der Waals surface area contributed by atoms with E-state index < -0.39 is 0 Å². The molecule has 1 aromatic heterocycles. The number of fused-ring (bicyclic) bond motifs is 1. The van der Waals surface area contributed by atoms with Crippen LogP contribution in [0, 0.1) is 6.92 Å². The first-order chi connectivity index (χ1) is 12.0. The molecule has 0 spiro atoms. The summed E-state index contributed by atoms with van der Waals surface area (Å²) < 4.78 is 0. The van der Waals surface area contributed by atoms with Gasteiger partial charge in [-0.15, -0.1) is 0 Å². The van der Waals surface area contributed by atoms with E-state index >= 15 is 0 Å². The van der Waals surface area contributed by atoms with E-state index in [1.54, 1.807) is 6.07 Å². The molecule has 0 aliphatic rings. The lowest BCUT2D eigenvalue weighted by atomic mass is 10.2. The molecule has 3 N–H and O–H groups in total. The molecule has 0 saturated carbocycles. The smallest absolute Gasteiger partial charge is 0.279 e. The molecule has 1 unspecified atom stereocenters. The molecule has 6 nitrogen and oxygen atoms in total. The Morgan fingerprint density at radius 2 is 2.00 bits per heavy atom. The number of anilines is 1. The van der Waals surface area contributed by atoms with Gasteiger partial charge in [0.2, 0.25) is 0 Å². The Hall–Kier alpha value is -2.99. The highest BCUT2D eigenvalue weighted by molar-refractivity contribution is 5.91. The minimum absolute atomic E-state index is 0.0776. The van der Waals surface area contributed by atoms with Crippen LogP contribution in [0.25, 0.3) is 10.9 Å². The summed E-state index contributed by atoms with van der Waals surface area (Å²) >= 11 is 0. The third-order valence-electron chi connectivity index (χ3n) is 3.90. The Labute approximate surface area is 145 Å². The zero-order valence-corrected chi connectivity index (χ0v) is 14.3. The monoisotopic (exact) mass is 337 g/mol. The normalized spacial score (nSPS) is 12.1. The molecular weight excluding hydrogens is 316 g/mol. The predicted octanol–water partition coefficient (Wildman–Crippen LogP) is 0.885. The zero-order chi connectivity index (χ0) is 17.8. The number of hydrogen-bond donors (Lipinski definition) is 3. The summed E-state index contributed by atoms with van der Waals surface area (Å²) in [6, 6.07) is 14.9. The van der Waals surface area contributed by atoms with E-state index in [0.29, 0.717) is 23.3 Å². The van der Waals surface area contributed by atoms with Crippen molar-refractivity contribution in [3.63, 3.8) is 0 Å². The second-order valence-electron chi connectivity index (χ2n) is 6.26. The van der Waals surface area contributed by atoms with Crippen molar-refractivity contribution in [1.29, 1.82) is 0 Å². The number of aryl methyl sites for hydroxylation is 1. The minimum Gasteiger partial charge on any atom is -0.323 e. The molecule has 0 bridgehead atoms. The molecule has 0 saturated heterocycles. The zero-order valence-electron chi connectivity index (χ0n) is 14.3. The number of rotatable bonds is 5. The van der Waals surface area contributed by atoms with Gasteiger partial charge in [-0.2, -0.15) is 0 Å². The molecule has 0 fully saturated rings. The predicted molar refractivity (Wildman–Crippen MR) is 97.6 cm³/mol. The number of quaternary nitrogens is 1. The Kier molecular flexibility index (Phi) is 4.90. The number of benzene rings is 2. The highest BCUT2D eigenvalue weighted by Gasteiger charge is 2.13. The number of aromatic amines is 1. The number of H-pyrrole nitrogens is 1. The van der Waals surface area contributed by atoms with Gasteiger partial charge in [-0.1, -0.05) is 24.3 Å². The maximum Gasteiger partial charge on any atom is 0.279 e. The molecule has 2 aromatic carbocycles. The Balaban J connectivity index is 1.65. The summed E-state index contributed by atoms with van der Waals surface area (Å²) in [6.45, 7) is 2.72. The lowest BCUT2D eigenvalue weighted by Gasteiger charge is -2.13. The van der Waals surface area contributed by atoms with Crippen molar-refractivity contribution in [3.05, 3.63) is 70.3 Å². The van der Waals surface area contributed by atoms with Crippen molar-refractivity contribution in [2.45, 2.75) is 13.5 Å². The maximum atomic E-state index is 12.2. The maximum absolute atomic E-state index is 12.2. The van der Waals surface area contributed by atoms with Crippen molar-refractivity contribution < 1.29 is 9.69 Å². The number of likely N-dealkylation sites (N-methyl/N-ethyl adjacent to an activating group) is 1. The molecule has 0 radical (unpaired) electrons. The number of nitrogens with zero attached hydrogens (tertiary/aromatic N) is 1. The summed E-state index contributed by atoms with van der Waals surface area (Å²) in [5.41, 5.74) is 2.39. The summed E-state index contributed by atoms with van der Waals surface area (Å²) in [4.78, 5) is 32.5. The van der Waals surface area contributed by atoms with E-state index in [-0.39, 0.29) is 18.0 Å². The molecule has 25 heavy (non-hydrogen) atoms. The molecule has 3 rings (SSSR count). The first-order valence-electron chi connectivity index (χ1n) is 8.17. The van der Waals surface area contributed by atoms with Gasteiger partial charge in [0.25, 0.3) is 11.5 Å². The van der Waals surface area contributed by atoms with Crippen molar-refractivity contribution in [1.82, 2.24) is 9.97 Å². The summed E-state index contributed by atoms with van der Waals surface area (Å²) in [5.74, 6) is 0.496. The average Bonchev–Trinajstić information content (AvgIpc) is 2.54. The number of hydrogen-bond acceptors (Lipinski definition) is 3. The third-order valence-corrected chi connectivity index (χ3v) is 3.90. The van der Waals surface area contributed by atoms with Crippen LogP contribution >= 0.6 is 0 Å². The summed E-state index contributed by atoms with van der Waals surface area (Å²) in [7, 11) is 1.89. The summed E-state index contributed by atoms with van der Waals surface area (Å²) in [5, 5.41) is 3.46. The van der Waals surface area contributed by atoms with Gasteiger partial charge in [0, 0.05) is 5.69 Å². The van der Waals surface area contributed by atoms with E-state index in [2.05, 4.69) is 15.3 Å². The van der Waals surface area contributed by atoms with Gasteiger partial charge in [-0.3, -0.25) is 9.59 Å². The molecule has 1 heterocycles. The highest BCUT2D eigenvalue weighted by atomic mass is 16.2. The minimum atomic E-state index is -0.155. The van der Waals surface area contributed by atoms with Gasteiger partial charge >= 0.3 is 0 Å². The van der Waals surface area contributed by atoms with Crippen molar-refractivity contribution >= 4 is 22.5 Å². The lowest BCUT2D eigenvalue weighted by molar-refractivity contribution is -0.885. The van der Waals surface area contributed by atoms with Crippen LogP contribution in [0.5, 0.6) is 0 Å². The van der Waals surface area contributed by atoms with Crippen LogP contribution in [-0.4, -0.2) is 29.5 Å². The number of amides is 1. The van der Waals surface area contributed by atoms with Crippen LogP contribution in [0.3, 0.4) is 0 Å². The van der Waals surface area contributed by atoms with E-state index in [0.717, 1.165) is 16.2 Å². The molecule has 0 aliphatic heterocycles. The average molecular weight is 337 g/mol. The third kappa shape index (κ3) is 4.30. The van der Waals surface area contributed by atoms with Crippen molar-refractivity contribution in [3.8, 4) is 0 Å². The molecule has 3 aromatic rings. The number of aromatic nitrogens is 2. The second kappa shape index (κ2) is 7.27. The van der Waals surface area contributed by atoms with Crippen molar-refractivity contribution in [2.75, 3.05) is 18.9 Å². The van der Waals surface area contributed by atoms with Gasteiger partial charge in [0.15, 0.2) is 12.4 Å². The van der Waals surface area contributed by atoms with E-state index in [9.17, 15) is 9.59 Å². The van der Waals surface area contributed by atoms with Crippen molar-refractivity contribution in [2.24, 2.45) is 0 Å². The van der Waals surface area contributed by atoms with Gasteiger partial charge < -0.3 is 15.2 Å². The topological polar surface area (TPSA) is 79.3 Å². The largest absolute Gasteiger partial charge is 0.323 e. The number of para-hydroxylation sites is 1. The van der Waals surface area contributed by atoms with Crippen LogP contribution in [0.15, 0.2) is 53.3 Å². The Morgan fingerprint density at radius 1 is 1.20 bits per heavy atom. The number of nitrogens with one attached hydrogen (secondary N) is 3. The summed E-state index contributed by atoms with van der Waals surface area (Å²) in [6.07, 6.45) is 0. The van der Waals surface area contributed by atoms with Gasteiger partial charge in [-0.05, 0) is 36.8 Å². The standard InChI is InChI=1S/C19H20N4O2/c1-13-6-5-7-14(10-13)20-18(24)12-23(2)11-17-21-16-9-4-3-8-15(16)19(25)22-17/h3-10H,11-12H2,1-2H3,(H,20,24)(H,21,22,25)/p+1. The Morgan fingerprint density at radius 3 is 2.80 bits per heavy atom. The molecular formula is C19H21N4O2+. The Bertz CT molecular complexity index is 965. The molecule has 128 valence electrons. The van der Waals surface area contributed by atoms with Gasteiger partial charge in [-0.25, -0.2) is 4.98 Å². The molecule has 1 atom stereocenters. The van der Waals surface area contributed by atoms with Gasteiger partial charge in [0.05, 0.1) is 18.0 Å². The number of carbonyl (C=O) groups is 1. The SMILES string of the molecule is Cc1cccc(NC(=O)C[NH+](C)Cc2nc3ccccc3c(=O)[nH]2)c1. The fraction of sp³-hybridized carbons (Fsp3) is 0.211. The molecule has 1 amide bonds. The first-order valence-corrected chi connectivity index (χ1v) is 8.17. The van der Waals surface area contributed by atoms with Crippen LogP contribution in [-0.2, 0) is 11.3 Å². The van der Waals surface area contributed by atoms with Crippen LogP contribution in [0.4, 0.5) is 5.69 Å². The fourth-order valence-electron chi connectivity index (χ4n) is 2.77. The van der Waals surface area contributed by atoms with E-state index in [4.69, 9.17) is 0 Å². The molecule has 0 aliphatic carbocycles. The van der Waals surface area contributed by atoms with Crippen LogP contribution in [0.1, 0.15) is 11.4 Å². The van der Waals surface area contributed by atoms with E-state index in [1.165, 1.54) is 0 Å². The second-order valence-corrected chi connectivity index (χ2v) is 6.26. The molecule has 6 heteroatoms.